The van der Waals surface area contributed by atoms with Crippen LogP contribution in [0.3, 0.4) is 0 Å². The first-order valence-electron chi connectivity index (χ1n) is 3.55. The summed E-state index contributed by atoms with van der Waals surface area (Å²) < 4.78 is 0. The van der Waals surface area contributed by atoms with Gasteiger partial charge < -0.3 is 0 Å². The number of nitriles is 1. The van der Waals surface area contributed by atoms with Crippen LogP contribution in [0.15, 0.2) is 29.2 Å². The molecule has 0 aliphatic rings. The molecule has 1 rings (SSSR count). The first kappa shape index (κ1) is 8.95. The fraction of sp³-hybridized carbons (Fsp3) is 0.222. The highest BCUT2D eigenvalue weighted by molar-refractivity contribution is 7.98. The highest BCUT2D eigenvalue weighted by atomic mass is 32.2. The molecule has 0 saturated heterocycles. The maximum atomic E-state index is 8.62. The number of nitrogens with zero attached hydrogens (tertiary/aromatic N) is 2. The van der Waals surface area contributed by atoms with Gasteiger partial charge in [-0.15, -0.1) is 11.8 Å². The molecule has 0 heterocycles. The van der Waals surface area contributed by atoms with Gasteiger partial charge in [0.25, 0.3) is 0 Å². The molecule has 0 aromatic heterocycles. The lowest BCUT2D eigenvalue weighted by Crippen LogP contribution is -2.07. The van der Waals surface area contributed by atoms with Crippen LogP contribution < -0.4 is 4.90 Å². The predicted molar refractivity (Wildman–Crippen MR) is 52.2 cm³/mol. The number of thioether (sulfide) groups is 1. The molecular weight excluding hydrogens is 168 g/mol. The van der Waals surface area contributed by atoms with E-state index in [0.29, 0.717) is 0 Å². The van der Waals surface area contributed by atoms with Crippen molar-refractivity contribution in [1.82, 2.24) is 0 Å². The smallest absolute Gasteiger partial charge is 0.183 e. The van der Waals surface area contributed by atoms with E-state index in [0.717, 1.165) is 5.69 Å². The third-order valence-electron chi connectivity index (χ3n) is 1.59. The van der Waals surface area contributed by atoms with E-state index in [1.165, 1.54) is 4.90 Å². The summed E-state index contributed by atoms with van der Waals surface area (Å²) in [5, 5.41) is 8.62. The lowest BCUT2D eigenvalue weighted by Gasteiger charge is -2.08. The maximum absolute atomic E-state index is 8.62. The molecule has 0 bridgehead atoms. The van der Waals surface area contributed by atoms with Crippen LogP contribution in [0.4, 0.5) is 5.69 Å². The minimum absolute atomic E-state index is 0.935. The molecule has 0 saturated carbocycles. The van der Waals surface area contributed by atoms with E-state index in [1.807, 2.05) is 30.5 Å². The Balaban J connectivity index is 2.95. The normalized spacial score (nSPS) is 9.08. The van der Waals surface area contributed by atoms with Gasteiger partial charge in [0, 0.05) is 11.9 Å². The van der Waals surface area contributed by atoms with Crippen molar-refractivity contribution in [3.05, 3.63) is 24.3 Å². The molecule has 12 heavy (non-hydrogen) atoms. The zero-order chi connectivity index (χ0) is 8.97. The van der Waals surface area contributed by atoms with E-state index in [9.17, 15) is 0 Å². The first-order valence-corrected chi connectivity index (χ1v) is 4.78. The van der Waals surface area contributed by atoms with Crippen molar-refractivity contribution in [2.75, 3.05) is 18.2 Å². The van der Waals surface area contributed by atoms with Crippen LogP contribution in [0.5, 0.6) is 0 Å². The second-order valence-corrected chi connectivity index (χ2v) is 3.24. The van der Waals surface area contributed by atoms with Gasteiger partial charge in [-0.05, 0) is 24.5 Å². The molecule has 2 nitrogen and oxygen atoms in total. The van der Waals surface area contributed by atoms with Crippen molar-refractivity contribution in [2.24, 2.45) is 0 Å². The van der Waals surface area contributed by atoms with E-state index in [2.05, 4.69) is 6.19 Å². The van der Waals surface area contributed by atoms with E-state index in [4.69, 9.17) is 5.26 Å². The molecule has 0 amide bonds. The fourth-order valence-corrected chi connectivity index (χ4v) is 1.33. The van der Waals surface area contributed by atoms with Gasteiger partial charge in [-0.2, -0.15) is 5.26 Å². The average molecular weight is 178 g/mol. The van der Waals surface area contributed by atoms with Crippen molar-refractivity contribution < 1.29 is 0 Å². The molecule has 0 atom stereocenters. The van der Waals surface area contributed by atoms with Crippen LogP contribution in [0.2, 0.25) is 0 Å². The van der Waals surface area contributed by atoms with Crippen molar-refractivity contribution >= 4 is 17.4 Å². The quantitative estimate of drug-likeness (QED) is 0.395. The number of rotatable bonds is 2. The molecule has 0 fully saturated rings. The maximum Gasteiger partial charge on any atom is 0.183 e. The summed E-state index contributed by atoms with van der Waals surface area (Å²) in [6, 6.07) is 7.89. The van der Waals surface area contributed by atoms with Crippen LogP contribution in [0.25, 0.3) is 0 Å². The Morgan fingerprint density at radius 1 is 1.50 bits per heavy atom. The van der Waals surface area contributed by atoms with Gasteiger partial charge in [0.15, 0.2) is 6.19 Å². The Bertz CT molecular complexity index is 304. The zero-order valence-corrected chi connectivity index (χ0v) is 7.93. The number of anilines is 1. The molecule has 0 spiro atoms. The third-order valence-corrected chi connectivity index (χ3v) is 2.32. The minimum atomic E-state index is 0.935. The van der Waals surface area contributed by atoms with E-state index in [-0.39, 0.29) is 0 Å². The molecule has 3 heteroatoms. The molecule has 1 aromatic rings. The minimum Gasteiger partial charge on any atom is -0.283 e. The van der Waals surface area contributed by atoms with Crippen LogP contribution in [0.1, 0.15) is 0 Å². The highest BCUT2D eigenvalue weighted by Gasteiger charge is 1.98. The van der Waals surface area contributed by atoms with Gasteiger partial charge in [0.2, 0.25) is 0 Å². The van der Waals surface area contributed by atoms with E-state index >= 15 is 0 Å². The van der Waals surface area contributed by atoms with E-state index < -0.39 is 0 Å². The summed E-state index contributed by atoms with van der Waals surface area (Å²) in [5.41, 5.74) is 0.935. The summed E-state index contributed by atoms with van der Waals surface area (Å²) in [6.45, 7) is 0. The second-order valence-electron chi connectivity index (χ2n) is 2.36. The first-order chi connectivity index (χ1) is 5.77. The van der Waals surface area contributed by atoms with Crippen LogP contribution >= 0.6 is 11.8 Å². The Morgan fingerprint density at radius 2 is 2.25 bits per heavy atom. The van der Waals surface area contributed by atoms with Gasteiger partial charge in [0.05, 0.1) is 5.69 Å². The summed E-state index contributed by atoms with van der Waals surface area (Å²) in [7, 11) is 1.75. The van der Waals surface area contributed by atoms with Gasteiger partial charge in [0.1, 0.15) is 0 Å². The number of hydrogen-bond donors (Lipinski definition) is 0. The summed E-state index contributed by atoms with van der Waals surface area (Å²) in [5.74, 6) is 0. The zero-order valence-electron chi connectivity index (χ0n) is 7.11. The van der Waals surface area contributed by atoms with Crippen molar-refractivity contribution in [2.45, 2.75) is 4.90 Å². The second kappa shape index (κ2) is 4.03. The fourth-order valence-electron chi connectivity index (χ4n) is 0.877. The molecule has 62 valence electrons. The molecule has 0 aliphatic carbocycles. The lowest BCUT2D eigenvalue weighted by atomic mass is 10.3. The van der Waals surface area contributed by atoms with Crippen molar-refractivity contribution in [1.29, 1.82) is 5.26 Å². The SMILES string of the molecule is CSc1cccc(N(C)C#N)c1. The monoisotopic (exact) mass is 178 g/mol. The molecule has 0 unspecified atom stereocenters. The van der Waals surface area contributed by atoms with Gasteiger partial charge >= 0.3 is 0 Å². The van der Waals surface area contributed by atoms with Gasteiger partial charge in [-0.25, -0.2) is 0 Å². The summed E-state index contributed by atoms with van der Waals surface area (Å²) >= 11 is 1.67. The standard InChI is InChI=1S/C9H10N2S/c1-11(7-10)8-4-3-5-9(6-8)12-2/h3-6H,1-2H3. The van der Waals surface area contributed by atoms with Gasteiger partial charge in [-0.1, -0.05) is 6.07 Å². The van der Waals surface area contributed by atoms with Crippen LogP contribution in [-0.4, -0.2) is 13.3 Å². The molecule has 0 radical (unpaired) electrons. The Labute approximate surface area is 76.8 Å². The topological polar surface area (TPSA) is 27.0 Å². The largest absolute Gasteiger partial charge is 0.283 e. The van der Waals surface area contributed by atoms with Gasteiger partial charge in [-0.3, -0.25) is 4.90 Å². The molecule has 0 N–H and O–H groups in total. The molecular formula is C9H10N2S. The van der Waals surface area contributed by atoms with Crippen molar-refractivity contribution in [3.63, 3.8) is 0 Å². The van der Waals surface area contributed by atoms with Crippen LogP contribution in [0, 0.1) is 11.5 Å². The summed E-state index contributed by atoms with van der Waals surface area (Å²) in [6.07, 6.45) is 4.08. The Morgan fingerprint density at radius 3 is 2.83 bits per heavy atom. The Kier molecular flexibility index (Phi) is 3.01. The van der Waals surface area contributed by atoms with Crippen LogP contribution in [-0.2, 0) is 0 Å². The predicted octanol–water partition coefficient (Wildman–Crippen LogP) is 2.33. The molecule has 0 aliphatic heterocycles. The average Bonchev–Trinajstić information content (AvgIpc) is 2.17. The number of benzene rings is 1. The summed E-state index contributed by atoms with van der Waals surface area (Å²) in [4.78, 5) is 2.72. The highest BCUT2D eigenvalue weighted by Crippen LogP contribution is 2.20. The molecule has 1 aromatic carbocycles. The number of hydrogen-bond acceptors (Lipinski definition) is 3. The Hall–Kier alpha value is -1.14. The van der Waals surface area contributed by atoms with Crippen molar-refractivity contribution in [3.8, 4) is 6.19 Å². The third kappa shape index (κ3) is 1.93. The van der Waals surface area contributed by atoms with E-state index in [1.54, 1.807) is 23.7 Å². The lowest BCUT2D eigenvalue weighted by molar-refractivity contribution is 1.19.